The Balaban J connectivity index is 0. The van der Waals surface area contributed by atoms with Crippen LogP contribution in [0.2, 0.25) is 0 Å². The van der Waals surface area contributed by atoms with Crippen molar-refractivity contribution in [1.82, 2.24) is 0 Å². The summed E-state index contributed by atoms with van der Waals surface area (Å²) in [5.74, 6) is -0.934. The quantitative estimate of drug-likeness (QED) is 0.224. The Labute approximate surface area is 147 Å². The highest BCUT2D eigenvalue weighted by molar-refractivity contribution is 5.81. The van der Waals surface area contributed by atoms with E-state index < -0.39 is 11.9 Å². The first-order chi connectivity index (χ1) is 12.1. The molecule has 0 rings (SSSR count). The van der Waals surface area contributed by atoms with Gasteiger partial charge in [0.25, 0.3) is 0 Å². The number of ether oxygens (including phenoxy) is 5. The molecule has 146 valence electrons. The minimum Gasteiger partial charge on any atom is -0.460 e. The Hall–Kier alpha value is -1.78. The summed E-state index contributed by atoms with van der Waals surface area (Å²) in [4.78, 5) is 21.4. The SMILES string of the molecule is C=CC(=O)OCCOCCOCCOCCOC(=O)C=C.OCCO. The summed E-state index contributed by atoms with van der Waals surface area (Å²) in [6.07, 6.45) is 2.20. The zero-order valence-corrected chi connectivity index (χ0v) is 14.4. The van der Waals surface area contributed by atoms with E-state index in [1.165, 1.54) is 0 Å². The van der Waals surface area contributed by atoms with Gasteiger partial charge < -0.3 is 33.9 Å². The van der Waals surface area contributed by atoms with Crippen LogP contribution in [-0.2, 0) is 33.3 Å². The average molecular weight is 364 g/mol. The van der Waals surface area contributed by atoms with Crippen LogP contribution in [0.1, 0.15) is 0 Å². The van der Waals surface area contributed by atoms with Crippen LogP contribution in [0.25, 0.3) is 0 Å². The summed E-state index contributed by atoms with van der Waals surface area (Å²) in [7, 11) is 0. The van der Waals surface area contributed by atoms with Crippen LogP contribution < -0.4 is 0 Å². The van der Waals surface area contributed by atoms with Crippen LogP contribution in [0.5, 0.6) is 0 Å². The smallest absolute Gasteiger partial charge is 0.330 e. The Kier molecular flexibility index (Phi) is 22.6. The second-order valence-corrected chi connectivity index (χ2v) is 4.03. The number of carbonyl (C=O) groups is 2. The first-order valence-electron chi connectivity index (χ1n) is 7.65. The van der Waals surface area contributed by atoms with E-state index in [-0.39, 0.29) is 26.4 Å². The number of aliphatic hydroxyl groups is 2. The van der Waals surface area contributed by atoms with E-state index in [9.17, 15) is 9.59 Å². The first-order valence-corrected chi connectivity index (χ1v) is 7.65. The van der Waals surface area contributed by atoms with Crippen molar-refractivity contribution in [3.05, 3.63) is 25.3 Å². The van der Waals surface area contributed by atoms with Gasteiger partial charge in [-0.15, -0.1) is 0 Å². The van der Waals surface area contributed by atoms with Gasteiger partial charge in [0.15, 0.2) is 0 Å². The number of hydrogen-bond donors (Lipinski definition) is 2. The number of aliphatic hydroxyl groups excluding tert-OH is 2. The molecule has 0 aromatic heterocycles. The van der Waals surface area contributed by atoms with E-state index in [1.54, 1.807) is 0 Å². The summed E-state index contributed by atoms with van der Waals surface area (Å²) < 4.78 is 25.0. The molecule has 0 aliphatic carbocycles. The summed E-state index contributed by atoms with van der Waals surface area (Å²) >= 11 is 0. The molecule has 0 bridgehead atoms. The highest BCUT2D eigenvalue weighted by atomic mass is 16.6. The van der Waals surface area contributed by atoms with Gasteiger partial charge >= 0.3 is 11.9 Å². The predicted octanol–water partition coefficient (Wildman–Crippen LogP) is -0.534. The number of rotatable bonds is 15. The molecule has 9 nitrogen and oxygen atoms in total. The first kappa shape index (κ1) is 25.5. The van der Waals surface area contributed by atoms with Crippen molar-refractivity contribution in [2.45, 2.75) is 0 Å². The minimum atomic E-state index is -0.467. The minimum absolute atomic E-state index is 0.125. The molecule has 9 heteroatoms. The third-order valence-electron chi connectivity index (χ3n) is 2.12. The lowest BCUT2D eigenvalue weighted by molar-refractivity contribution is -0.140. The zero-order chi connectivity index (χ0) is 19.2. The largest absolute Gasteiger partial charge is 0.460 e. The molecule has 0 aromatic rings. The van der Waals surface area contributed by atoms with Gasteiger partial charge in [-0.1, -0.05) is 13.2 Å². The van der Waals surface area contributed by atoms with Crippen molar-refractivity contribution >= 4 is 11.9 Å². The third kappa shape index (κ3) is 24.6. The van der Waals surface area contributed by atoms with Crippen LogP contribution in [0, 0.1) is 0 Å². The molecule has 2 N–H and O–H groups in total. The van der Waals surface area contributed by atoms with Gasteiger partial charge in [-0.05, 0) is 0 Å². The molecule has 0 saturated carbocycles. The molecule has 25 heavy (non-hydrogen) atoms. The highest BCUT2D eigenvalue weighted by Crippen LogP contribution is 1.85. The van der Waals surface area contributed by atoms with Gasteiger partial charge in [-0.3, -0.25) is 0 Å². The van der Waals surface area contributed by atoms with E-state index in [0.717, 1.165) is 12.2 Å². The van der Waals surface area contributed by atoms with Gasteiger partial charge in [0.2, 0.25) is 0 Å². The van der Waals surface area contributed by atoms with E-state index >= 15 is 0 Å². The summed E-state index contributed by atoms with van der Waals surface area (Å²) in [6, 6.07) is 0. The standard InChI is InChI=1S/C14H22O7.C2H6O2/c1-3-13(15)20-11-9-18-7-5-17-6-8-19-10-12-21-14(16)4-2;3-1-2-4/h3-4H,1-2,5-12H2;3-4H,1-2H2. The lowest BCUT2D eigenvalue weighted by Gasteiger charge is -2.07. The Bertz CT molecular complexity index is 312. The Morgan fingerprint density at radius 2 is 0.920 bits per heavy atom. The van der Waals surface area contributed by atoms with Crippen molar-refractivity contribution in [1.29, 1.82) is 0 Å². The van der Waals surface area contributed by atoms with Crippen molar-refractivity contribution in [2.75, 3.05) is 66.1 Å². The lowest BCUT2D eigenvalue weighted by Crippen LogP contribution is -2.14. The average Bonchev–Trinajstić information content (AvgIpc) is 2.64. The van der Waals surface area contributed by atoms with Crippen molar-refractivity contribution < 1.29 is 43.5 Å². The van der Waals surface area contributed by atoms with E-state index in [0.29, 0.717) is 39.6 Å². The molecule has 0 aliphatic heterocycles. The van der Waals surface area contributed by atoms with Crippen LogP contribution in [0.15, 0.2) is 25.3 Å². The maximum Gasteiger partial charge on any atom is 0.330 e. The lowest BCUT2D eigenvalue weighted by atomic mass is 10.6. The predicted molar refractivity (Wildman–Crippen MR) is 88.9 cm³/mol. The van der Waals surface area contributed by atoms with Crippen molar-refractivity contribution in [3.8, 4) is 0 Å². The molecule has 0 saturated heterocycles. The molecule has 0 spiro atoms. The monoisotopic (exact) mass is 364 g/mol. The fraction of sp³-hybridized carbons (Fsp3) is 0.625. The normalized spacial score (nSPS) is 9.52. The van der Waals surface area contributed by atoms with Gasteiger partial charge in [0.05, 0.1) is 52.9 Å². The van der Waals surface area contributed by atoms with E-state index in [1.807, 2.05) is 0 Å². The Morgan fingerprint density at radius 3 is 1.16 bits per heavy atom. The third-order valence-corrected chi connectivity index (χ3v) is 2.12. The van der Waals surface area contributed by atoms with Crippen LogP contribution >= 0.6 is 0 Å². The number of carbonyl (C=O) groups excluding carboxylic acids is 2. The summed E-state index contributed by atoms with van der Waals surface area (Å²) in [5, 5.41) is 15.2. The van der Waals surface area contributed by atoms with Gasteiger partial charge in [0.1, 0.15) is 13.2 Å². The Morgan fingerprint density at radius 1 is 0.640 bits per heavy atom. The second-order valence-electron chi connectivity index (χ2n) is 4.03. The molecule has 0 amide bonds. The zero-order valence-electron chi connectivity index (χ0n) is 14.4. The van der Waals surface area contributed by atoms with Gasteiger partial charge in [-0.25, -0.2) is 9.59 Å². The summed E-state index contributed by atoms with van der Waals surface area (Å²) in [5.41, 5.74) is 0. The van der Waals surface area contributed by atoms with Crippen LogP contribution in [-0.4, -0.2) is 88.2 Å². The number of hydrogen-bond acceptors (Lipinski definition) is 9. The molecular formula is C16H28O9. The molecule has 0 unspecified atom stereocenters. The fourth-order valence-electron chi connectivity index (χ4n) is 1.06. The summed E-state index contributed by atoms with van der Waals surface area (Å²) in [6.45, 7) is 8.96. The van der Waals surface area contributed by atoms with Gasteiger partial charge in [0, 0.05) is 12.2 Å². The second kappa shape index (κ2) is 22.2. The molecule has 0 heterocycles. The maximum absolute atomic E-state index is 10.7. The molecule has 0 aliphatic rings. The van der Waals surface area contributed by atoms with E-state index in [4.69, 9.17) is 33.9 Å². The number of esters is 2. The molecule has 0 atom stereocenters. The maximum atomic E-state index is 10.7. The fourth-order valence-corrected chi connectivity index (χ4v) is 1.06. The molecular weight excluding hydrogens is 336 g/mol. The molecule has 0 radical (unpaired) electrons. The highest BCUT2D eigenvalue weighted by Gasteiger charge is 1.96. The van der Waals surface area contributed by atoms with Crippen molar-refractivity contribution in [3.63, 3.8) is 0 Å². The van der Waals surface area contributed by atoms with Gasteiger partial charge in [-0.2, -0.15) is 0 Å². The van der Waals surface area contributed by atoms with Crippen molar-refractivity contribution in [2.24, 2.45) is 0 Å². The molecule has 0 fully saturated rings. The van der Waals surface area contributed by atoms with Crippen LogP contribution in [0.4, 0.5) is 0 Å². The van der Waals surface area contributed by atoms with E-state index in [2.05, 4.69) is 13.2 Å². The molecule has 0 aromatic carbocycles. The van der Waals surface area contributed by atoms with Crippen LogP contribution in [0.3, 0.4) is 0 Å². The topological polar surface area (TPSA) is 121 Å².